The van der Waals surface area contributed by atoms with Gasteiger partial charge in [-0.2, -0.15) is 0 Å². The monoisotopic (exact) mass is 493 g/mol. The minimum absolute atomic E-state index is 0.0152. The Labute approximate surface area is 212 Å². The van der Waals surface area contributed by atoms with Crippen LogP contribution in [-0.2, 0) is 14.3 Å². The molecule has 0 aliphatic carbocycles. The molecule has 1 heterocycles. The topological polar surface area (TPSA) is 119 Å². The number of esters is 1. The Bertz CT molecular complexity index is 1090. The highest BCUT2D eigenvalue weighted by molar-refractivity contribution is 5.99. The van der Waals surface area contributed by atoms with Crippen LogP contribution in [0.3, 0.4) is 0 Å². The number of carbonyl (C=O) groups is 2. The van der Waals surface area contributed by atoms with E-state index in [1.54, 1.807) is 12.1 Å². The van der Waals surface area contributed by atoms with Gasteiger partial charge in [0.15, 0.2) is 6.79 Å². The van der Waals surface area contributed by atoms with Crippen LogP contribution in [0.5, 0.6) is 0 Å². The number of rotatable bonds is 11. The number of fused-ring (bicyclic) bond motifs is 1. The maximum absolute atomic E-state index is 13.3. The van der Waals surface area contributed by atoms with Crippen molar-refractivity contribution in [2.24, 2.45) is 16.2 Å². The number of nitrogens with two attached hydrogens (primary N) is 1. The van der Waals surface area contributed by atoms with Gasteiger partial charge in [-0.3, -0.25) is 4.79 Å². The average Bonchev–Trinajstić information content (AvgIpc) is 3.07. The van der Waals surface area contributed by atoms with Crippen LogP contribution in [0.2, 0.25) is 0 Å². The second kappa shape index (κ2) is 13.4. The van der Waals surface area contributed by atoms with Crippen LogP contribution in [0.4, 0.5) is 5.69 Å². The summed E-state index contributed by atoms with van der Waals surface area (Å²) in [4.78, 5) is 27.4. The van der Waals surface area contributed by atoms with Crippen LogP contribution in [0.1, 0.15) is 56.0 Å². The summed E-state index contributed by atoms with van der Waals surface area (Å²) in [6, 6.07) is 13.1. The Morgan fingerprint density at radius 1 is 1.06 bits per heavy atom. The second-order valence-corrected chi connectivity index (χ2v) is 8.48. The first-order valence-corrected chi connectivity index (χ1v) is 12.4. The van der Waals surface area contributed by atoms with Crippen LogP contribution in [0, 0.1) is 0 Å². The van der Waals surface area contributed by atoms with Gasteiger partial charge in [-0.15, -0.1) is 5.11 Å². The Morgan fingerprint density at radius 2 is 1.75 bits per heavy atom. The number of carbonyl (C=O) groups excluding carboxylic acids is 2. The second-order valence-electron chi connectivity index (χ2n) is 8.48. The molecule has 9 heteroatoms. The number of hydrogen-bond donors (Lipinski definition) is 2. The summed E-state index contributed by atoms with van der Waals surface area (Å²) >= 11 is 0. The highest BCUT2D eigenvalue weighted by atomic mass is 16.7. The number of benzene rings is 2. The minimum Gasteiger partial charge on any atom is -0.435 e. The van der Waals surface area contributed by atoms with E-state index in [1.807, 2.05) is 48.2 Å². The molecule has 1 unspecified atom stereocenters. The van der Waals surface area contributed by atoms with E-state index in [0.29, 0.717) is 37.3 Å². The first-order valence-electron chi connectivity index (χ1n) is 12.4. The summed E-state index contributed by atoms with van der Waals surface area (Å²) in [7, 11) is 0. The molecule has 0 saturated carbocycles. The molecular weight excluding hydrogens is 458 g/mol. The number of ether oxygens (including phenoxy) is 2. The third kappa shape index (κ3) is 6.91. The fourth-order valence-corrected chi connectivity index (χ4v) is 4.09. The van der Waals surface area contributed by atoms with Gasteiger partial charge in [0.25, 0.3) is 0 Å². The maximum atomic E-state index is 13.3. The van der Waals surface area contributed by atoms with Gasteiger partial charge in [0.2, 0.25) is 5.91 Å². The molecule has 1 atom stereocenters. The number of nitrogens with one attached hydrogen (secondary N) is 1. The lowest BCUT2D eigenvalue weighted by Gasteiger charge is -2.23. The normalized spacial score (nSPS) is 15.0. The first kappa shape index (κ1) is 26.9. The van der Waals surface area contributed by atoms with E-state index in [9.17, 15) is 9.59 Å². The van der Waals surface area contributed by atoms with Crippen molar-refractivity contribution in [2.45, 2.75) is 46.2 Å². The minimum atomic E-state index is -0.464. The first-order chi connectivity index (χ1) is 17.5. The molecule has 9 nitrogen and oxygen atoms in total. The highest BCUT2D eigenvalue weighted by Gasteiger charge is 2.24. The number of nitrogens with zero attached hydrogens (tertiary/aromatic N) is 3. The van der Waals surface area contributed by atoms with E-state index < -0.39 is 12.1 Å². The highest BCUT2D eigenvalue weighted by Crippen LogP contribution is 2.32. The molecule has 0 radical (unpaired) electrons. The lowest BCUT2D eigenvalue weighted by atomic mass is 10.00. The summed E-state index contributed by atoms with van der Waals surface area (Å²) in [5.41, 5.74) is 4.71. The SMILES string of the molecule is CCCN(CCC)C(=O)C1=Cc2ccc(-c3ccc(C(=O)OCOCC)cc3)cc2NC(N=NN)C1. The van der Waals surface area contributed by atoms with E-state index in [1.165, 1.54) is 0 Å². The molecule has 36 heavy (non-hydrogen) atoms. The number of hydrogen-bond acceptors (Lipinski definition) is 7. The van der Waals surface area contributed by atoms with Crippen molar-refractivity contribution < 1.29 is 19.1 Å². The maximum Gasteiger partial charge on any atom is 0.340 e. The molecule has 0 bridgehead atoms. The Balaban J connectivity index is 1.88. The van der Waals surface area contributed by atoms with Crippen molar-refractivity contribution >= 4 is 23.6 Å². The van der Waals surface area contributed by atoms with Crippen LogP contribution >= 0.6 is 0 Å². The van der Waals surface area contributed by atoms with Crippen LogP contribution in [-0.4, -0.2) is 49.4 Å². The van der Waals surface area contributed by atoms with E-state index in [4.69, 9.17) is 15.3 Å². The van der Waals surface area contributed by atoms with E-state index in [2.05, 4.69) is 29.5 Å². The summed E-state index contributed by atoms with van der Waals surface area (Å²) in [6.07, 6.45) is 3.63. The van der Waals surface area contributed by atoms with Crippen LogP contribution < -0.4 is 11.2 Å². The van der Waals surface area contributed by atoms with E-state index in [0.717, 1.165) is 35.2 Å². The van der Waals surface area contributed by atoms with Crippen LogP contribution in [0.15, 0.2) is 58.4 Å². The quantitative estimate of drug-likeness (QED) is 0.113. The largest absolute Gasteiger partial charge is 0.435 e. The molecule has 1 aliphatic heterocycles. The zero-order valence-electron chi connectivity index (χ0n) is 21.2. The van der Waals surface area contributed by atoms with Crippen LogP contribution in [0.25, 0.3) is 17.2 Å². The summed E-state index contributed by atoms with van der Waals surface area (Å²) in [5, 5.41) is 11.0. The van der Waals surface area contributed by atoms with Crippen molar-refractivity contribution in [1.29, 1.82) is 0 Å². The van der Waals surface area contributed by atoms with Gasteiger partial charge in [-0.1, -0.05) is 43.3 Å². The lowest BCUT2D eigenvalue weighted by molar-refractivity contribution is -0.127. The third-order valence-corrected chi connectivity index (χ3v) is 5.80. The molecule has 192 valence electrons. The summed E-state index contributed by atoms with van der Waals surface area (Å²) in [5.74, 6) is 4.94. The molecule has 0 spiro atoms. The van der Waals surface area contributed by atoms with Gasteiger partial charge in [-0.25, -0.2) is 4.79 Å². The van der Waals surface area contributed by atoms with Gasteiger partial charge in [0.05, 0.1) is 5.56 Å². The van der Waals surface area contributed by atoms with E-state index >= 15 is 0 Å². The standard InChI is InChI=1S/C27H35N5O4/c1-4-13-32(14-5-2)26(33)23-15-22-12-11-21(16-24(22)29-25(17-23)30-31-28)19-7-9-20(10-8-19)27(34)36-18-35-6-3/h7-12,15-16,25,29H,4-6,13-14,17-18H2,1-3H3,(H2,28,30). The molecule has 2 aromatic rings. The average molecular weight is 494 g/mol. The van der Waals surface area contributed by atoms with E-state index in [-0.39, 0.29) is 12.7 Å². The third-order valence-electron chi connectivity index (χ3n) is 5.80. The molecule has 3 N–H and O–H groups in total. The van der Waals surface area contributed by atoms with Gasteiger partial charge in [0, 0.05) is 37.4 Å². The fraction of sp³-hybridized carbons (Fsp3) is 0.407. The van der Waals surface area contributed by atoms with Crippen molar-refractivity contribution in [3.63, 3.8) is 0 Å². The molecule has 0 aromatic heterocycles. The van der Waals surface area contributed by atoms with Crippen molar-refractivity contribution in [2.75, 3.05) is 31.8 Å². The fourth-order valence-electron chi connectivity index (χ4n) is 4.09. The molecule has 3 rings (SSSR count). The lowest BCUT2D eigenvalue weighted by Crippen LogP contribution is -2.34. The Morgan fingerprint density at radius 3 is 2.39 bits per heavy atom. The molecule has 0 saturated heterocycles. The predicted molar refractivity (Wildman–Crippen MR) is 140 cm³/mol. The van der Waals surface area contributed by atoms with Crippen molar-refractivity contribution in [3.05, 3.63) is 59.2 Å². The molecule has 0 fully saturated rings. The zero-order chi connectivity index (χ0) is 25.9. The Hall–Kier alpha value is -3.72. The van der Waals surface area contributed by atoms with Gasteiger partial charge in [-0.05, 0) is 60.7 Å². The molecular formula is C27H35N5O4. The predicted octanol–water partition coefficient (Wildman–Crippen LogP) is 5.00. The van der Waals surface area contributed by atoms with Gasteiger partial charge in [0.1, 0.15) is 6.17 Å². The molecule has 2 aromatic carbocycles. The Kier molecular flexibility index (Phi) is 10.00. The zero-order valence-corrected chi connectivity index (χ0v) is 21.2. The number of anilines is 1. The number of amides is 1. The van der Waals surface area contributed by atoms with Gasteiger partial charge >= 0.3 is 5.97 Å². The van der Waals surface area contributed by atoms with Gasteiger partial charge < -0.3 is 25.5 Å². The van der Waals surface area contributed by atoms with Crippen molar-refractivity contribution in [1.82, 2.24) is 4.90 Å². The smallest absolute Gasteiger partial charge is 0.340 e. The molecule has 1 aliphatic rings. The summed E-state index contributed by atoms with van der Waals surface area (Å²) in [6.45, 7) is 7.80. The van der Waals surface area contributed by atoms with Crippen molar-refractivity contribution in [3.8, 4) is 11.1 Å². The molecule has 1 amide bonds. The summed E-state index contributed by atoms with van der Waals surface area (Å²) < 4.78 is 10.1.